The highest BCUT2D eigenvalue weighted by atomic mass is 32.2. The molecule has 0 aliphatic carbocycles. The number of nitrogens with one attached hydrogen (secondary N) is 1. The van der Waals surface area contributed by atoms with Crippen molar-refractivity contribution in [3.63, 3.8) is 0 Å². The molecule has 118 valence electrons. The molecule has 2 rings (SSSR count). The summed E-state index contributed by atoms with van der Waals surface area (Å²) in [5.74, 6) is -1.77. The van der Waals surface area contributed by atoms with Gasteiger partial charge in [-0.25, -0.2) is 30.8 Å². The second-order valence-corrected chi connectivity index (χ2v) is 7.49. The predicted molar refractivity (Wildman–Crippen MR) is 75.0 cm³/mol. The molecule has 22 heavy (non-hydrogen) atoms. The maximum absolute atomic E-state index is 13.4. The minimum absolute atomic E-state index is 0.275. The number of hydrogen-bond acceptors (Lipinski definition) is 4. The monoisotopic (exact) mass is 348 g/mol. The molecule has 0 radical (unpaired) electrons. The molecule has 0 spiro atoms. The third-order valence-corrected chi connectivity index (χ3v) is 4.95. The van der Waals surface area contributed by atoms with Gasteiger partial charge < -0.3 is 0 Å². The van der Waals surface area contributed by atoms with E-state index in [1.165, 1.54) is 0 Å². The highest BCUT2D eigenvalue weighted by Gasteiger charge is 2.18. The van der Waals surface area contributed by atoms with Crippen molar-refractivity contribution >= 4 is 25.7 Å². The van der Waals surface area contributed by atoms with E-state index in [4.69, 9.17) is 5.14 Å². The number of hydrogen-bond donors (Lipinski definition) is 2. The van der Waals surface area contributed by atoms with E-state index in [0.29, 0.717) is 6.07 Å². The van der Waals surface area contributed by atoms with Gasteiger partial charge in [-0.3, -0.25) is 4.72 Å². The van der Waals surface area contributed by atoms with E-state index in [0.717, 1.165) is 36.4 Å². The molecule has 0 aromatic heterocycles. The summed E-state index contributed by atoms with van der Waals surface area (Å²) in [6, 6.07) is 6.26. The van der Waals surface area contributed by atoms with Gasteiger partial charge in [0, 0.05) is 6.07 Å². The molecule has 0 saturated heterocycles. The summed E-state index contributed by atoms with van der Waals surface area (Å²) >= 11 is 0. The molecular weight excluding hydrogens is 338 g/mol. The Labute approximate surface area is 125 Å². The van der Waals surface area contributed by atoms with Gasteiger partial charge in [-0.15, -0.1) is 0 Å². The van der Waals surface area contributed by atoms with Crippen LogP contribution >= 0.6 is 0 Å². The lowest BCUT2D eigenvalue weighted by molar-refractivity contribution is 0.592. The van der Waals surface area contributed by atoms with Crippen LogP contribution in [0.5, 0.6) is 0 Å². The fourth-order valence-corrected chi connectivity index (χ4v) is 3.16. The molecule has 0 saturated carbocycles. The van der Waals surface area contributed by atoms with Crippen LogP contribution in [-0.4, -0.2) is 16.8 Å². The van der Waals surface area contributed by atoms with Gasteiger partial charge in [0.05, 0.1) is 15.5 Å². The van der Waals surface area contributed by atoms with Crippen molar-refractivity contribution in [3.05, 3.63) is 54.1 Å². The molecule has 0 heterocycles. The first kappa shape index (κ1) is 16.3. The van der Waals surface area contributed by atoms with Crippen molar-refractivity contribution in [1.82, 2.24) is 0 Å². The summed E-state index contributed by atoms with van der Waals surface area (Å²) in [6.45, 7) is 0. The summed E-state index contributed by atoms with van der Waals surface area (Å²) in [5, 5.41) is 4.89. The quantitative estimate of drug-likeness (QED) is 0.871. The summed E-state index contributed by atoms with van der Waals surface area (Å²) in [4.78, 5) is -0.605. The van der Waals surface area contributed by atoms with Crippen molar-refractivity contribution in [1.29, 1.82) is 0 Å². The molecule has 6 nitrogen and oxygen atoms in total. The van der Waals surface area contributed by atoms with Crippen molar-refractivity contribution in [2.24, 2.45) is 5.14 Å². The average Bonchev–Trinajstić information content (AvgIpc) is 2.42. The van der Waals surface area contributed by atoms with Crippen LogP contribution in [0.2, 0.25) is 0 Å². The van der Waals surface area contributed by atoms with E-state index in [2.05, 4.69) is 0 Å². The largest absolute Gasteiger partial charge is 0.277 e. The third kappa shape index (κ3) is 3.59. The molecule has 0 aliphatic heterocycles. The third-order valence-electron chi connectivity index (χ3n) is 2.64. The number of rotatable bonds is 4. The molecule has 0 unspecified atom stereocenters. The Hall–Kier alpha value is -2.04. The van der Waals surface area contributed by atoms with Gasteiger partial charge in [-0.05, 0) is 36.4 Å². The van der Waals surface area contributed by atoms with Crippen LogP contribution in [0, 0.1) is 11.6 Å². The number of primary sulfonamides is 1. The van der Waals surface area contributed by atoms with Gasteiger partial charge in [0.1, 0.15) is 11.6 Å². The van der Waals surface area contributed by atoms with Crippen LogP contribution in [0.25, 0.3) is 0 Å². The van der Waals surface area contributed by atoms with Gasteiger partial charge in [0.25, 0.3) is 10.0 Å². The Morgan fingerprint density at radius 1 is 0.864 bits per heavy atom. The zero-order valence-electron chi connectivity index (χ0n) is 10.8. The maximum Gasteiger partial charge on any atom is 0.261 e. The molecule has 0 atom stereocenters. The zero-order chi connectivity index (χ0) is 16.5. The highest BCUT2D eigenvalue weighted by molar-refractivity contribution is 7.92. The molecule has 10 heteroatoms. The summed E-state index contributed by atoms with van der Waals surface area (Å²) in [5.41, 5.74) is -0.560. The molecular formula is C12H10F2N2O4S2. The maximum atomic E-state index is 13.4. The van der Waals surface area contributed by atoms with Gasteiger partial charge >= 0.3 is 0 Å². The SMILES string of the molecule is NS(=O)(=O)c1ccc(S(=O)(=O)Nc2cc(F)ccc2F)cc1. The molecule has 0 bridgehead atoms. The van der Waals surface area contributed by atoms with E-state index in [1.807, 2.05) is 4.72 Å². The second-order valence-electron chi connectivity index (χ2n) is 4.25. The fourth-order valence-electron chi connectivity index (χ4n) is 1.59. The minimum Gasteiger partial charge on any atom is -0.277 e. The Kier molecular flexibility index (Phi) is 4.18. The Bertz CT molecular complexity index is 911. The first-order valence-electron chi connectivity index (χ1n) is 5.70. The lowest BCUT2D eigenvalue weighted by Gasteiger charge is -2.09. The summed E-state index contributed by atoms with van der Waals surface area (Å²) in [7, 11) is -8.17. The van der Waals surface area contributed by atoms with Crippen LogP contribution in [0.15, 0.2) is 52.3 Å². The summed E-state index contributed by atoms with van der Waals surface area (Å²) < 4.78 is 74.6. The van der Waals surface area contributed by atoms with Crippen LogP contribution < -0.4 is 9.86 Å². The Morgan fingerprint density at radius 3 is 1.95 bits per heavy atom. The fraction of sp³-hybridized carbons (Fsp3) is 0. The number of benzene rings is 2. The van der Waals surface area contributed by atoms with Crippen molar-refractivity contribution in [2.75, 3.05) is 4.72 Å². The highest BCUT2D eigenvalue weighted by Crippen LogP contribution is 2.21. The topological polar surface area (TPSA) is 106 Å². The van der Waals surface area contributed by atoms with E-state index in [-0.39, 0.29) is 9.79 Å². The average molecular weight is 348 g/mol. The lowest BCUT2D eigenvalue weighted by Crippen LogP contribution is -2.15. The smallest absolute Gasteiger partial charge is 0.261 e. The summed E-state index contributed by atoms with van der Waals surface area (Å²) in [6.07, 6.45) is 0. The first-order chi connectivity index (χ1) is 10.1. The van der Waals surface area contributed by atoms with E-state index >= 15 is 0 Å². The number of nitrogens with two attached hydrogens (primary N) is 1. The first-order valence-corrected chi connectivity index (χ1v) is 8.73. The van der Waals surface area contributed by atoms with Gasteiger partial charge in [0.2, 0.25) is 10.0 Å². The lowest BCUT2D eigenvalue weighted by atomic mass is 10.3. The number of anilines is 1. The molecule has 0 aliphatic rings. The number of sulfonamides is 2. The zero-order valence-corrected chi connectivity index (χ0v) is 12.5. The van der Waals surface area contributed by atoms with Crippen LogP contribution in [0.4, 0.5) is 14.5 Å². The normalized spacial score (nSPS) is 12.1. The van der Waals surface area contributed by atoms with Gasteiger partial charge in [-0.2, -0.15) is 0 Å². The predicted octanol–water partition coefficient (Wildman–Crippen LogP) is 1.41. The van der Waals surface area contributed by atoms with Crippen molar-refractivity contribution in [2.45, 2.75) is 9.79 Å². The molecule has 2 aromatic rings. The molecule has 0 amide bonds. The standard InChI is InChI=1S/C12H10F2N2O4S2/c13-8-1-6-11(14)12(7-8)16-22(19,20)10-4-2-9(3-5-10)21(15,17)18/h1-7,16H,(H2,15,17,18). The van der Waals surface area contributed by atoms with Gasteiger partial charge in [-0.1, -0.05) is 0 Å². The molecule has 3 N–H and O–H groups in total. The van der Waals surface area contributed by atoms with Gasteiger partial charge in [0.15, 0.2) is 0 Å². The Morgan fingerprint density at radius 2 is 1.41 bits per heavy atom. The van der Waals surface area contributed by atoms with Crippen LogP contribution in [0.3, 0.4) is 0 Å². The second kappa shape index (κ2) is 5.63. The molecule has 2 aromatic carbocycles. The molecule has 0 fully saturated rings. The minimum atomic E-state index is -4.21. The van der Waals surface area contributed by atoms with Crippen molar-refractivity contribution in [3.8, 4) is 0 Å². The van der Waals surface area contributed by atoms with Crippen LogP contribution in [-0.2, 0) is 20.0 Å². The van der Waals surface area contributed by atoms with Crippen LogP contribution in [0.1, 0.15) is 0 Å². The Balaban J connectivity index is 2.37. The van der Waals surface area contributed by atoms with E-state index in [9.17, 15) is 25.6 Å². The van der Waals surface area contributed by atoms with E-state index in [1.54, 1.807) is 0 Å². The van der Waals surface area contributed by atoms with Crippen molar-refractivity contribution < 1.29 is 25.6 Å². The number of halogens is 2. The van der Waals surface area contributed by atoms with E-state index < -0.39 is 37.4 Å².